The summed E-state index contributed by atoms with van der Waals surface area (Å²) in [6.45, 7) is 7.96. The van der Waals surface area contributed by atoms with Crippen molar-refractivity contribution in [2.24, 2.45) is 0 Å². The fraction of sp³-hybridized carbons (Fsp3) is 0.538. The van der Waals surface area contributed by atoms with Crippen LogP contribution in [0.25, 0.3) is 0 Å². The maximum absolute atomic E-state index is 11.5. The Labute approximate surface area is 113 Å². The summed E-state index contributed by atoms with van der Waals surface area (Å²) in [5, 5.41) is 3.71. The van der Waals surface area contributed by atoms with Crippen molar-refractivity contribution in [3.8, 4) is 0 Å². The van der Waals surface area contributed by atoms with Gasteiger partial charge in [-0.3, -0.25) is 0 Å². The first-order chi connectivity index (χ1) is 8.31. The smallest absolute Gasteiger partial charge is 0.407 e. The van der Waals surface area contributed by atoms with Gasteiger partial charge in [-0.05, 0) is 51.1 Å². The molecule has 0 unspecified atom stereocenters. The van der Waals surface area contributed by atoms with Crippen molar-refractivity contribution in [2.75, 3.05) is 6.26 Å². The van der Waals surface area contributed by atoms with Gasteiger partial charge in [0.1, 0.15) is 5.60 Å². The molecule has 1 N–H and O–H groups in total. The summed E-state index contributed by atoms with van der Waals surface area (Å²) in [4.78, 5) is 15.8. The van der Waals surface area contributed by atoms with Crippen LogP contribution in [0.3, 0.4) is 0 Å². The minimum atomic E-state index is -0.472. The molecule has 0 bridgehead atoms. The molecule has 18 heavy (non-hydrogen) atoms. The van der Waals surface area contributed by atoms with Crippen molar-refractivity contribution in [1.29, 1.82) is 0 Å². The second-order valence-corrected chi connectivity index (χ2v) is 5.84. The number of nitrogens with zero attached hydrogens (tertiary/aromatic N) is 1. The molecule has 5 heteroatoms. The molecule has 1 aromatic rings. The fourth-order valence-electron chi connectivity index (χ4n) is 1.34. The average molecular weight is 268 g/mol. The van der Waals surface area contributed by atoms with Gasteiger partial charge in [0.15, 0.2) is 0 Å². The molecule has 4 nitrogen and oxygen atoms in total. The summed E-state index contributed by atoms with van der Waals surface area (Å²) in [5.74, 6) is 0. The molecule has 1 amide bonds. The van der Waals surface area contributed by atoms with Crippen LogP contribution in [0.15, 0.2) is 17.3 Å². The minimum absolute atomic E-state index is 0.407. The Balaban J connectivity index is 2.56. The molecule has 0 radical (unpaired) electrons. The van der Waals surface area contributed by atoms with Crippen molar-refractivity contribution in [2.45, 2.75) is 44.9 Å². The molecular weight excluding hydrogens is 248 g/mol. The number of nitrogens with one attached hydrogen (secondary N) is 1. The van der Waals surface area contributed by atoms with Gasteiger partial charge in [0, 0.05) is 12.7 Å². The summed E-state index contributed by atoms with van der Waals surface area (Å²) in [6, 6.07) is 2.01. The predicted octanol–water partition coefficient (Wildman–Crippen LogP) is 3.14. The van der Waals surface area contributed by atoms with E-state index in [0.717, 1.165) is 16.2 Å². The lowest BCUT2D eigenvalue weighted by Gasteiger charge is -2.19. The van der Waals surface area contributed by atoms with E-state index in [9.17, 15) is 4.79 Å². The number of aryl methyl sites for hydroxylation is 1. The second kappa shape index (κ2) is 6.09. The van der Waals surface area contributed by atoms with Crippen molar-refractivity contribution in [3.05, 3.63) is 23.4 Å². The predicted molar refractivity (Wildman–Crippen MR) is 73.8 cm³/mol. The van der Waals surface area contributed by atoms with Crippen LogP contribution in [0.4, 0.5) is 4.79 Å². The van der Waals surface area contributed by atoms with E-state index in [2.05, 4.69) is 10.3 Å². The third-order valence-corrected chi connectivity index (χ3v) is 2.87. The number of thioether (sulfide) groups is 1. The SMILES string of the molecule is CSc1cc(C)c(CNC(=O)OC(C)(C)C)cn1. The van der Waals surface area contributed by atoms with Gasteiger partial charge in [-0.25, -0.2) is 9.78 Å². The van der Waals surface area contributed by atoms with Crippen LogP contribution < -0.4 is 5.32 Å². The van der Waals surface area contributed by atoms with Gasteiger partial charge in [-0.2, -0.15) is 0 Å². The van der Waals surface area contributed by atoms with E-state index in [4.69, 9.17) is 4.74 Å². The van der Waals surface area contributed by atoms with Gasteiger partial charge in [0.2, 0.25) is 0 Å². The standard InChI is InChI=1S/C13H20N2O2S/c1-9-6-11(18-5)14-7-10(9)8-15-12(16)17-13(2,3)4/h6-7H,8H2,1-5H3,(H,15,16). The molecule has 0 aromatic carbocycles. The third-order valence-electron chi connectivity index (χ3n) is 2.23. The zero-order chi connectivity index (χ0) is 13.8. The van der Waals surface area contributed by atoms with Crippen LogP contribution in [-0.2, 0) is 11.3 Å². The van der Waals surface area contributed by atoms with Crippen molar-refractivity contribution < 1.29 is 9.53 Å². The lowest BCUT2D eigenvalue weighted by Crippen LogP contribution is -2.32. The normalized spacial score (nSPS) is 11.2. The van der Waals surface area contributed by atoms with E-state index in [1.54, 1.807) is 18.0 Å². The van der Waals surface area contributed by atoms with Crippen LogP contribution in [0, 0.1) is 6.92 Å². The van der Waals surface area contributed by atoms with Gasteiger partial charge in [0.05, 0.1) is 5.03 Å². The first kappa shape index (κ1) is 14.8. The molecule has 0 aliphatic rings. The number of hydrogen-bond donors (Lipinski definition) is 1. The van der Waals surface area contributed by atoms with Crippen molar-refractivity contribution >= 4 is 17.9 Å². The average Bonchev–Trinajstić information content (AvgIpc) is 2.25. The van der Waals surface area contributed by atoms with Gasteiger partial charge in [0.25, 0.3) is 0 Å². The largest absolute Gasteiger partial charge is 0.444 e. The van der Waals surface area contributed by atoms with Crippen molar-refractivity contribution in [1.82, 2.24) is 10.3 Å². The highest BCUT2D eigenvalue weighted by Gasteiger charge is 2.15. The minimum Gasteiger partial charge on any atom is -0.444 e. The highest BCUT2D eigenvalue weighted by atomic mass is 32.2. The Hall–Kier alpha value is -1.23. The molecule has 0 spiro atoms. The number of ether oxygens (including phenoxy) is 1. The first-order valence-electron chi connectivity index (χ1n) is 5.78. The van der Waals surface area contributed by atoms with Crippen molar-refractivity contribution in [3.63, 3.8) is 0 Å². The van der Waals surface area contributed by atoms with Crippen LogP contribution >= 0.6 is 11.8 Å². The lowest BCUT2D eigenvalue weighted by molar-refractivity contribution is 0.0523. The van der Waals surface area contributed by atoms with E-state index in [1.165, 1.54) is 0 Å². The van der Waals surface area contributed by atoms with E-state index < -0.39 is 11.7 Å². The Bertz CT molecular complexity index is 427. The fourth-order valence-corrected chi connectivity index (χ4v) is 1.79. The Kier molecular flexibility index (Phi) is 5.02. The van der Waals surface area contributed by atoms with E-state index in [1.807, 2.05) is 40.0 Å². The monoisotopic (exact) mass is 268 g/mol. The molecule has 0 aliphatic heterocycles. The zero-order valence-electron chi connectivity index (χ0n) is 11.5. The van der Waals surface area contributed by atoms with Crippen LogP contribution in [0.5, 0.6) is 0 Å². The summed E-state index contributed by atoms with van der Waals surface area (Å²) in [6.07, 6.45) is 3.37. The van der Waals surface area contributed by atoms with Crippen LogP contribution in [0.2, 0.25) is 0 Å². The number of hydrogen-bond acceptors (Lipinski definition) is 4. The number of pyridine rings is 1. The summed E-state index contributed by atoms with van der Waals surface area (Å²) < 4.78 is 5.17. The Morgan fingerprint density at radius 3 is 2.67 bits per heavy atom. The molecule has 0 saturated heterocycles. The van der Waals surface area contributed by atoms with Crippen LogP contribution in [-0.4, -0.2) is 22.9 Å². The molecule has 1 heterocycles. The molecular formula is C13H20N2O2S. The summed E-state index contributed by atoms with van der Waals surface area (Å²) >= 11 is 1.60. The summed E-state index contributed by atoms with van der Waals surface area (Å²) in [7, 11) is 0. The van der Waals surface area contributed by atoms with Gasteiger partial charge < -0.3 is 10.1 Å². The zero-order valence-corrected chi connectivity index (χ0v) is 12.4. The topological polar surface area (TPSA) is 51.2 Å². The summed E-state index contributed by atoms with van der Waals surface area (Å²) in [5.41, 5.74) is 1.64. The van der Waals surface area contributed by atoms with Crippen LogP contribution in [0.1, 0.15) is 31.9 Å². The number of carbonyl (C=O) groups excluding carboxylic acids is 1. The molecule has 0 fully saturated rings. The highest BCUT2D eigenvalue weighted by molar-refractivity contribution is 7.98. The number of amides is 1. The lowest BCUT2D eigenvalue weighted by atomic mass is 10.1. The molecule has 100 valence electrons. The molecule has 0 atom stereocenters. The van der Waals surface area contributed by atoms with Gasteiger partial charge >= 0.3 is 6.09 Å². The number of rotatable bonds is 3. The molecule has 1 aromatic heterocycles. The van der Waals surface area contributed by atoms with Gasteiger partial charge in [-0.1, -0.05) is 0 Å². The van der Waals surface area contributed by atoms with E-state index in [0.29, 0.717) is 6.54 Å². The number of aromatic nitrogens is 1. The first-order valence-corrected chi connectivity index (χ1v) is 7.00. The number of carbonyl (C=O) groups is 1. The highest BCUT2D eigenvalue weighted by Crippen LogP contribution is 2.15. The molecule has 0 aliphatic carbocycles. The second-order valence-electron chi connectivity index (χ2n) is 5.01. The molecule has 1 rings (SSSR count). The molecule has 0 saturated carbocycles. The quantitative estimate of drug-likeness (QED) is 0.856. The third kappa shape index (κ3) is 4.96. The maximum atomic E-state index is 11.5. The van der Waals surface area contributed by atoms with E-state index >= 15 is 0 Å². The van der Waals surface area contributed by atoms with E-state index in [-0.39, 0.29) is 0 Å². The maximum Gasteiger partial charge on any atom is 0.407 e. The number of alkyl carbamates (subject to hydrolysis) is 1. The van der Waals surface area contributed by atoms with Gasteiger partial charge in [-0.15, -0.1) is 11.8 Å². The Morgan fingerprint density at radius 2 is 2.17 bits per heavy atom. The Morgan fingerprint density at radius 1 is 1.50 bits per heavy atom.